The van der Waals surface area contributed by atoms with Crippen molar-refractivity contribution in [1.29, 1.82) is 0 Å². The Morgan fingerprint density at radius 3 is 1.73 bits per heavy atom. The van der Waals surface area contributed by atoms with E-state index in [0.29, 0.717) is 13.2 Å². The molecular weight excluding hydrogens is 196 g/mol. The van der Waals surface area contributed by atoms with E-state index in [0.717, 1.165) is 12.8 Å². The molecule has 0 rings (SSSR count). The molecule has 0 spiro atoms. The number of hydrogen-bond acceptors (Lipinski definition) is 4. The lowest BCUT2D eigenvalue weighted by atomic mass is 10.3. The van der Waals surface area contributed by atoms with Gasteiger partial charge in [0, 0.05) is 13.8 Å². The van der Waals surface area contributed by atoms with E-state index in [9.17, 15) is 9.59 Å². The quantitative estimate of drug-likeness (QED) is 0.525. The predicted octanol–water partition coefficient (Wildman–Crippen LogP) is 2.31. The number of carbonyl (C=O) groups excluding carboxylic acids is 2. The van der Waals surface area contributed by atoms with Gasteiger partial charge in [0.15, 0.2) is 0 Å². The molecule has 0 amide bonds. The first-order valence-electron chi connectivity index (χ1n) is 5.31. The monoisotopic (exact) mass is 218 g/mol. The van der Waals surface area contributed by atoms with Crippen molar-refractivity contribution >= 4 is 11.9 Å². The van der Waals surface area contributed by atoms with Gasteiger partial charge in [-0.1, -0.05) is 19.8 Å². The van der Waals surface area contributed by atoms with Crippen LogP contribution in [0, 0.1) is 0 Å². The molecule has 0 N–H and O–H groups in total. The van der Waals surface area contributed by atoms with Gasteiger partial charge in [0.05, 0.1) is 13.2 Å². The molecule has 0 aliphatic carbocycles. The zero-order chi connectivity index (χ0) is 12.1. The van der Waals surface area contributed by atoms with Gasteiger partial charge in [-0.3, -0.25) is 9.59 Å². The summed E-state index contributed by atoms with van der Waals surface area (Å²) in [5.41, 5.74) is 0. The Morgan fingerprint density at radius 1 is 0.933 bits per heavy atom. The summed E-state index contributed by atoms with van der Waals surface area (Å²) in [4.78, 5) is 20.0. The van der Waals surface area contributed by atoms with Crippen molar-refractivity contribution in [2.24, 2.45) is 0 Å². The van der Waals surface area contributed by atoms with E-state index in [1.165, 1.54) is 20.3 Å². The minimum atomic E-state index is -0.211. The normalized spacial score (nSPS) is 8.53. The van der Waals surface area contributed by atoms with E-state index in [2.05, 4.69) is 11.7 Å². The summed E-state index contributed by atoms with van der Waals surface area (Å²) in [5.74, 6) is -0.386. The summed E-state index contributed by atoms with van der Waals surface area (Å²) in [6.07, 6.45) is 3.31. The lowest BCUT2D eigenvalue weighted by molar-refractivity contribution is -0.141. The van der Waals surface area contributed by atoms with Crippen LogP contribution in [0.4, 0.5) is 0 Å². The van der Waals surface area contributed by atoms with Crippen LogP contribution in [0.2, 0.25) is 0 Å². The number of ether oxygens (including phenoxy) is 2. The SMILES string of the molecule is CCCCCOC(C)=O.CCOC(C)=O. The fourth-order valence-corrected chi connectivity index (χ4v) is 0.771. The summed E-state index contributed by atoms with van der Waals surface area (Å²) in [7, 11) is 0. The van der Waals surface area contributed by atoms with E-state index in [1.807, 2.05) is 0 Å². The zero-order valence-electron chi connectivity index (χ0n) is 10.2. The fourth-order valence-electron chi connectivity index (χ4n) is 0.771. The molecule has 0 saturated carbocycles. The molecule has 0 aliphatic rings. The molecule has 4 heteroatoms. The van der Waals surface area contributed by atoms with Crippen molar-refractivity contribution in [3.05, 3.63) is 0 Å². The largest absolute Gasteiger partial charge is 0.466 e. The molecule has 0 aromatic rings. The first-order valence-corrected chi connectivity index (χ1v) is 5.31. The summed E-state index contributed by atoms with van der Waals surface area (Å²) < 4.78 is 9.11. The zero-order valence-corrected chi connectivity index (χ0v) is 10.2. The average Bonchev–Trinajstić information content (AvgIpc) is 2.13. The molecule has 0 fully saturated rings. The van der Waals surface area contributed by atoms with Crippen LogP contribution in [-0.4, -0.2) is 25.2 Å². The second-order valence-corrected chi connectivity index (χ2v) is 2.97. The highest BCUT2D eigenvalue weighted by Crippen LogP contribution is 1.93. The number of esters is 2. The minimum Gasteiger partial charge on any atom is -0.466 e. The number of carbonyl (C=O) groups is 2. The second kappa shape index (κ2) is 12.9. The van der Waals surface area contributed by atoms with Gasteiger partial charge in [0.25, 0.3) is 0 Å². The highest BCUT2D eigenvalue weighted by Gasteiger charge is 1.89. The van der Waals surface area contributed by atoms with Crippen LogP contribution in [0.5, 0.6) is 0 Å². The molecule has 4 nitrogen and oxygen atoms in total. The lowest BCUT2D eigenvalue weighted by Gasteiger charge is -1.98. The Bertz CT molecular complexity index is 166. The van der Waals surface area contributed by atoms with Gasteiger partial charge in [-0.15, -0.1) is 0 Å². The van der Waals surface area contributed by atoms with Gasteiger partial charge in [-0.25, -0.2) is 0 Å². The Morgan fingerprint density at radius 2 is 1.47 bits per heavy atom. The molecule has 90 valence electrons. The van der Waals surface area contributed by atoms with Gasteiger partial charge in [-0.2, -0.15) is 0 Å². The van der Waals surface area contributed by atoms with Crippen LogP contribution in [-0.2, 0) is 19.1 Å². The smallest absolute Gasteiger partial charge is 0.302 e. The number of rotatable bonds is 5. The third-order valence-corrected chi connectivity index (χ3v) is 1.40. The first kappa shape index (κ1) is 16.4. The molecule has 0 aromatic heterocycles. The molecule has 0 heterocycles. The molecule has 0 saturated heterocycles. The van der Waals surface area contributed by atoms with E-state index in [-0.39, 0.29) is 11.9 Å². The maximum absolute atomic E-state index is 10.2. The maximum Gasteiger partial charge on any atom is 0.302 e. The third kappa shape index (κ3) is 24.6. The van der Waals surface area contributed by atoms with Crippen molar-refractivity contribution < 1.29 is 19.1 Å². The van der Waals surface area contributed by atoms with Gasteiger partial charge >= 0.3 is 11.9 Å². The summed E-state index contributed by atoms with van der Waals surface area (Å²) in [6, 6.07) is 0. The minimum absolute atomic E-state index is 0.175. The maximum atomic E-state index is 10.2. The Labute approximate surface area is 91.9 Å². The molecule has 0 aromatic carbocycles. The second-order valence-electron chi connectivity index (χ2n) is 2.97. The van der Waals surface area contributed by atoms with Crippen LogP contribution in [0.25, 0.3) is 0 Å². The molecule has 0 aliphatic heterocycles. The van der Waals surface area contributed by atoms with Crippen LogP contribution in [0.15, 0.2) is 0 Å². The topological polar surface area (TPSA) is 52.6 Å². The van der Waals surface area contributed by atoms with Gasteiger partial charge in [0.2, 0.25) is 0 Å². The van der Waals surface area contributed by atoms with Crippen molar-refractivity contribution in [2.75, 3.05) is 13.2 Å². The number of unbranched alkanes of at least 4 members (excludes halogenated alkanes) is 2. The van der Waals surface area contributed by atoms with Crippen LogP contribution in [0.3, 0.4) is 0 Å². The summed E-state index contributed by atoms with van der Waals surface area (Å²) >= 11 is 0. The summed E-state index contributed by atoms with van der Waals surface area (Å²) in [5, 5.41) is 0. The van der Waals surface area contributed by atoms with Crippen molar-refractivity contribution in [3.8, 4) is 0 Å². The molecule has 0 radical (unpaired) electrons. The van der Waals surface area contributed by atoms with Crippen molar-refractivity contribution in [2.45, 2.75) is 47.0 Å². The first-order chi connectivity index (χ1) is 7.04. The standard InChI is InChI=1S/C7H14O2.C4H8O2/c1-3-4-5-6-9-7(2)8;1-3-6-4(2)5/h3-6H2,1-2H3;3H2,1-2H3. The van der Waals surface area contributed by atoms with Crippen molar-refractivity contribution in [1.82, 2.24) is 0 Å². The van der Waals surface area contributed by atoms with Gasteiger partial charge in [0.1, 0.15) is 0 Å². The van der Waals surface area contributed by atoms with E-state index < -0.39 is 0 Å². The van der Waals surface area contributed by atoms with Crippen molar-refractivity contribution in [3.63, 3.8) is 0 Å². The van der Waals surface area contributed by atoms with Crippen LogP contribution < -0.4 is 0 Å². The van der Waals surface area contributed by atoms with Gasteiger partial charge in [-0.05, 0) is 13.3 Å². The van der Waals surface area contributed by atoms with E-state index in [1.54, 1.807) is 6.92 Å². The fraction of sp³-hybridized carbons (Fsp3) is 0.818. The highest BCUT2D eigenvalue weighted by molar-refractivity contribution is 5.66. The van der Waals surface area contributed by atoms with Crippen LogP contribution >= 0.6 is 0 Å². The molecule has 0 atom stereocenters. The molecule has 0 unspecified atom stereocenters. The predicted molar refractivity (Wildman–Crippen MR) is 58.5 cm³/mol. The van der Waals surface area contributed by atoms with E-state index >= 15 is 0 Å². The molecule has 15 heavy (non-hydrogen) atoms. The molecule has 0 bridgehead atoms. The summed E-state index contributed by atoms with van der Waals surface area (Å²) in [6.45, 7) is 7.79. The van der Waals surface area contributed by atoms with Crippen LogP contribution in [0.1, 0.15) is 47.0 Å². The third-order valence-electron chi connectivity index (χ3n) is 1.40. The van der Waals surface area contributed by atoms with E-state index in [4.69, 9.17) is 4.74 Å². The number of hydrogen-bond donors (Lipinski definition) is 0. The van der Waals surface area contributed by atoms with Gasteiger partial charge < -0.3 is 9.47 Å². The lowest BCUT2D eigenvalue weighted by Crippen LogP contribution is -1.99. The Balaban J connectivity index is 0. The molecular formula is C11H22O4. The average molecular weight is 218 g/mol. The Hall–Kier alpha value is -1.06. The Kier molecular flexibility index (Phi) is 14.1. The highest BCUT2D eigenvalue weighted by atomic mass is 16.5.